The highest BCUT2D eigenvalue weighted by atomic mass is 35.5. The Balaban J connectivity index is 2.24. The monoisotopic (exact) mass is 340 g/mol. The lowest BCUT2D eigenvalue weighted by atomic mass is 10.0. The van der Waals surface area contributed by atoms with Gasteiger partial charge in [0.1, 0.15) is 0 Å². The van der Waals surface area contributed by atoms with Gasteiger partial charge in [0.15, 0.2) is 0 Å². The summed E-state index contributed by atoms with van der Waals surface area (Å²) in [6.45, 7) is 7.09. The number of aryl methyl sites for hydroxylation is 1. The van der Waals surface area contributed by atoms with Crippen LogP contribution in [0.25, 0.3) is 11.3 Å². The average Bonchev–Trinajstić information content (AvgIpc) is 3.03. The summed E-state index contributed by atoms with van der Waals surface area (Å²) in [5.74, 6) is 0. The fraction of sp³-hybridized carbons (Fsp3) is 0.286. The number of benzene rings is 1. The van der Waals surface area contributed by atoms with Gasteiger partial charge in [-0.1, -0.05) is 61.9 Å². The molecule has 0 radical (unpaired) electrons. The fourth-order valence-corrected chi connectivity index (χ4v) is 2.79. The third-order valence-electron chi connectivity index (χ3n) is 3.79. The molecule has 0 aliphatic rings. The predicted molar refractivity (Wildman–Crippen MR) is 104 cm³/mol. The lowest BCUT2D eigenvalue weighted by Crippen LogP contribution is -2.01. The zero-order valence-corrected chi connectivity index (χ0v) is 15.4. The topological polar surface area (TPSA) is 17.8 Å². The van der Waals surface area contributed by atoms with Gasteiger partial charge in [-0.2, -0.15) is 5.10 Å². The second-order valence-electron chi connectivity index (χ2n) is 5.63. The van der Waals surface area contributed by atoms with Crippen LogP contribution >= 0.6 is 11.6 Å². The number of hydrogen-bond donors (Lipinski definition) is 0. The molecule has 1 aromatic heterocycles. The van der Waals surface area contributed by atoms with Crippen LogP contribution in [0.5, 0.6) is 0 Å². The zero-order chi connectivity index (χ0) is 17.4. The van der Waals surface area contributed by atoms with E-state index >= 15 is 0 Å². The van der Waals surface area contributed by atoms with Crippen molar-refractivity contribution in [3.8, 4) is 11.3 Å². The van der Waals surface area contributed by atoms with Crippen molar-refractivity contribution in [1.29, 1.82) is 0 Å². The number of hydrogen-bond acceptors (Lipinski definition) is 1. The first-order chi connectivity index (χ1) is 11.7. The van der Waals surface area contributed by atoms with Crippen LogP contribution in [0.3, 0.4) is 0 Å². The Hall–Kier alpha value is -2.06. The van der Waals surface area contributed by atoms with Crippen LogP contribution < -0.4 is 0 Å². The van der Waals surface area contributed by atoms with Gasteiger partial charge in [-0.25, -0.2) is 0 Å². The zero-order valence-electron chi connectivity index (χ0n) is 14.7. The smallest absolute Gasteiger partial charge is 0.0926 e. The molecule has 1 heterocycles. The first-order valence-corrected chi connectivity index (χ1v) is 8.86. The lowest BCUT2D eigenvalue weighted by molar-refractivity contribution is 0.686. The Labute approximate surface area is 150 Å². The van der Waals surface area contributed by atoms with Crippen molar-refractivity contribution >= 4 is 11.6 Å². The van der Waals surface area contributed by atoms with E-state index in [1.807, 2.05) is 42.1 Å². The molecule has 0 amide bonds. The van der Waals surface area contributed by atoms with Crippen LogP contribution in [0.1, 0.15) is 32.8 Å². The van der Waals surface area contributed by atoms with Gasteiger partial charge in [-0.05, 0) is 49.1 Å². The molecule has 0 aliphatic heterocycles. The summed E-state index contributed by atoms with van der Waals surface area (Å²) in [6.07, 6.45) is 14.5. The van der Waals surface area contributed by atoms with Gasteiger partial charge in [0.2, 0.25) is 0 Å². The summed E-state index contributed by atoms with van der Waals surface area (Å²) in [7, 11) is 0. The van der Waals surface area contributed by atoms with E-state index in [9.17, 15) is 0 Å². The fourth-order valence-electron chi connectivity index (χ4n) is 2.61. The van der Waals surface area contributed by atoms with E-state index in [4.69, 9.17) is 16.7 Å². The lowest BCUT2D eigenvalue weighted by Gasteiger charge is -2.06. The maximum atomic E-state index is 6.17. The van der Waals surface area contributed by atoms with Crippen LogP contribution in [0.2, 0.25) is 5.02 Å². The molecule has 0 atom stereocenters. The number of nitrogens with zero attached hydrogens (tertiary/aromatic N) is 2. The molecule has 2 rings (SSSR count). The normalized spacial score (nSPS) is 12.6. The van der Waals surface area contributed by atoms with E-state index in [0.29, 0.717) is 0 Å². The van der Waals surface area contributed by atoms with Crippen molar-refractivity contribution < 1.29 is 0 Å². The maximum absolute atomic E-state index is 6.17. The number of rotatable bonds is 7. The van der Waals surface area contributed by atoms with Gasteiger partial charge in [0, 0.05) is 16.8 Å². The molecule has 126 valence electrons. The summed E-state index contributed by atoms with van der Waals surface area (Å²) in [5, 5.41) is 5.49. The van der Waals surface area contributed by atoms with Crippen LogP contribution in [-0.4, -0.2) is 9.78 Å². The molecule has 0 unspecified atom stereocenters. The van der Waals surface area contributed by atoms with Crippen molar-refractivity contribution in [3.63, 3.8) is 0 Å². The van der Waals surface area contributed by atoms with E-state index in [2.05, 4.69) is 44.2 Å². The molecule has 2 aromatic rings. The third-order valence-corrected chi connectivity index (χ3v) is 4.03. The minimum Gasteiger partial charge on any atom is -0.268 e. The van der Waals surface area contributed by atoms with Crippen molar-refractivity contribution in [1.82, 2.24) is 9.78 Å². The summed E-state index contributed by atoms with van der Waals surface area (Å²) in [6, 6.07) is 8.08. The Morgan fingerprint density at radius 2 is 2.04 bits per heavy atom. The minimum atomic E-state index is 0.748. The van der Waals surface area contributed by atoms with Gasteiger partial charge < -0.3 is 0 Å². The van der Waals surface area contributed by atoms with Crippen LogP contribution in [0, 0.1) is 0 Å². The van der Waals surface area contributed by atoms with Gasteiger partial charge in [-0.3, -0.25) is 4.68 Å². The van der Waals surface area contributed by atoms with Crippen LogP contribution in [-0.2, 0) is 13.0 Å². The molecule has 0 saturated heterocycles. The summed E-state index contributed by atoms with van der Waals surface area (Å²) in [4.78, 5) is 0. The molecule has 0 bridgehead atoms. The van der Waals surface area contributed by atoms with Crippen LogP contribution in [0.4, 0.5) is 0 Å². The molecule has 0 spiro atoms. The minimum absolute atomic E-state index is 0.748. The van der Waals surface area contributed by atoms with Gasteiger partial charge in [-0.15, -0.1) is 0 Å². The van der Waals surface area contributed by atoms with Gasteiger partial charge in [0.05, 0.1) is 12.2 Å². The van der Waals surface area contributed by atoms with Crippen molar-refractivity contribution in [2.45, 2.75) is 40.2 Å². The van der Waals surface area contributed by atoms with Crippen molar-refractivity contribution in [2.75, 3.05) is 0 Å². The first-order valence-electron chi connectivity index (χ1n) is 8.48. The predicted octanol–water partition coefficient (Wildman–Crippen LogP) is 6.23. The summed E-state index contributed by atoms with van der Waals surface area (Å²) >= 11 is 6.17. The molecular weight excluding hydrogens is 316 g/mol. The van der Waals surface area contributed by atoms with Gasteiger partial charge in [0.25, 0.3) is 0 Å². The molecule has 1 aromatic carbocycles. The van der Waals surface area contributed by atoms with Crippen molar-refractivity contribution in [3.05, 3.63) is 77.0 Å². The standard InChI is InChI=1S/C21H25ClN2/c1-4-7-8-10-17(9-5-2)16-24-14-13-21(23-24)20-15-19(22)12-11-18(20)6-3/h4,7-15H,5-6,16H2,1-3H3/b7-4-,10-8-,17-9-. The molecular formula is C21H25ClN2. The number of allylic oxidation sites excluding steroid dienone is 6. The Morgan fingerprint density at radius 1 is 1.21 bits per heavy atom. The SMILES string of the molecule is C\C=C/C=C\C(=C\CC)Cn1ccc(-c2cc(Cl)ccc2CC)n1. The Bertz CT molecular complexity index is 751. The first kappa shape index (κ1) is 18.3. The Morgan fingerprint density at radius 3 is 2.75 bits per heavy atom. The van der Waals surface area contributed by atoms with Crippen LogP contribution in [0.15, 0.2) is 66.4 Å². The highest BCUT2D eigenvalue weighted by Gasteiger charge is 2.08. The van der Waals surface area contributed by atoms with E-state index < -0.39 is 0 Å². The number of halogens is 1. The van der Waals surface area contributed by atoms with E-state index in [0.717, 1.165) is 35.7 Å². The molecule has 0 fully saturated rings. The van der Waals surface area contributed by atoms with Crippen molar-refractivity contribution in [2.24, 2.45) is 0 Å². The molecule has 2 nitrogen and oxygen atoms in total. The highest BCUT2D eigenvalue weighted by Crippen LogP contribution is 2.26. The molecule has 0 N–H and O–H groups in total. The largest absolute Gasteiger partial charge is 0.268 e. The quantitative estimate of drug-likeness (QED) is 0.546. The molecule has 3 heteroatoms. The molecule has 0 aliphatic carbocycles. The number of aromatic nitrogens is 2. The Kier molecular flexibility index (Phi) is 7.07. The van der Waals surface area contributed by atoms with E-state index in [1.54, 1.807) is 0 Å². The van der Waals surface area contributed by atoms with E-state index in [-0.39, 0.29) is 0 Å². The summed E-state index contributed by atoms with van der Waals surface area (Å²) < 4.78 is 1.98. The summed E-state index contributed by atoms with van der Waals surface area (Å²) in [5.41, 5.74) is 4.62. The molecule has 24 heavy (non-hydrogen) atoms. The van der Waals surface area contributed by atoms with Gasteiger partial charge >= 0.3 is 0 Å². The second-order valence-corrected chi connectivity index (χ2v) is 6.06. The molecule has 0 saturated carbocycles. The second kappa shape index (κ2) is 9.29. The van der Waals surface area contributed by atoms with E-state index in [1.165, 1.54) is 11.1 Å². The highest BCUT2D eigenvalue weighted by molar-refractivity contribution is 6.30. The average molecular weight is 341 g/mol. The maximum Gasteiger partial charge on any atom is 0.0926 e. The third kappa shape index (κ3) is 4.97.